The predicted octanol–water partition coefficient (Wildman–Crippen LogP) is 4.30. The lowest BCUT2D eigenvalue weighted by molar-refractivity contribution is 0.0995. The highest BCUT2D eigenvalue weighted by molar-refractivity contribution is 8.02. The molecule has 0 aliphatic rings. The molecule has 0 saturated heterocycles. The number of nitrogens with one attached hydrogen (secondary N) is 1. The minimum atomic E-state index is -0.139. The van der Waals surface area contributed by atoms with Gasteiger partial charge in [-0.15, -0.1) is 11.3 Å². The number of benzene rings is 1. The summed E-state index contributed by atoms with van der Waals surface area (Å²) < 4.78 is 0.947. The highest BCUT2D eigenvalue weighted by Crippen LogP contribution is 2.30. The molecular weight excluding hydrogens is 288 g/mol. The molecule has 2 heterocycles. The van der Waals surface area contributed by atoms with Gasteiger partial charge < -0.3 is 4.98 Å². The number of para-hydroxylation sites is 1. The number of hydrogen-bond acceptors (Lipinski definition) is 4. The number of Topliss-reactive ketones (excluding diaryl/α,β-unsaturated/α-hetero) is 1. The fourth-order valence-electron chi connectivity index (χ4n) is 2.09. The Labute approximate surface area is 125 Å². The molecule has 2 aromatic heterocycles. The van der Waals surface area contributed by atoms with Gasteiger partial charge in [0.1, 0.15) is 0 Å². The Hall–Kier alpha value is -1.59. The highest BCUT2D eigenvalue weighted by atomic mass is 32.2. The van der Waals surface area contributed by atoms with Crippen molar-refractivity contribution in [2.75, 3.05) is 0 Å². The average Bonchev–Trinajstić information content (AvgIpc) is 3.04. The van der Waals surface area contributed by atoms with Crippen LogP contribution in [0.4, 0.5) is 0 Å². The van der Waals surface area contributed by atoms with Crippen molar-refractivity contribution in [2.24, 2.45) is 0 Å². The molecule has 1 atom stereocenters. The van der Waals surface area contributed by atoms with E-state index in [1.807, 2.05) is 43.5 Å². The van der Waals surface area contributed by atoms with Gasteiger partial charge >= 0.3 is 0 Å². The summed E-state index contributed by atoms with van der Waals surface area (Å²) in [5, 5.41) is 2.85. The maximum atomic E-state index is 12.6. The number of ketones is 1. The van der Waals surface area contributed by atoms with Crippen molar-refractivity contribution in [3.05, 3.63) is 47.1 Å². The Balaban J connectivity index is 1.84. The number of H-pyrrole nitrogens is 1. The molecule has 102 valence electrons. The molecule has 1 aromatic carbocycles. The highest BCUT2D eigenvalue weighted by Gasteiger charge is 2.20. The molecule has 0 bridgehead atoms. The van der Waals surface area contributed by atoms with Crippen molar-refractivity contribution in [3.8, 4) is 0 Å². The van der Waals surface area contributed by atoms with Crippen LogP contribution in [0.25, 0.3) is 10.9 Å². The van der Waals surface area contributed by atoms with Crippen LogP contribution in [0.2, 0.25) is 0 Å². The number of carbonyl (C=O) groups excluding carboxylic acids is 1. The van der Waals surface area contributed by atoms with Crippen molar-refractivity contribution < 1.29 is 4.79 Å². The van der Waals surface area contributed by atoms with Crippen molar-refractivity contribution >= 4 is 39.8 Å². The molecule has 0 radical (unpaired) electrons. The average molecular weight is 302 g/mol. The van der Waals surface area contributed by atoms with E-state index in [1.165, 1.54) is 11.8 Å². The number of thioether (sulfide) groups is 1. The van der Waals surface area contributed by atoms with E-state index in [0.29, 0.717) is 0 Å². The zero-order chi connectivity index (χ0) is 14.1. The van der Waals surface area contributed by atoms with Crippen molar-refractivity contribution in [2.45, 2.75) is 23.4 Å². The topological polar surface area (TPSA) is 45.8 Å². The van der Waals surface area contributed by atoms with Gasteiger partial charge in [0.2, 0.25) is 0 Å². The van der Waals surface area contributed by atoms with Crippen LogP contribution in [0.15, 0.2) is 40.2 Å². The smallest absolute Gasteiger partial charge is 0.178 e. The molecule has 1 N–H and O–H groups in total. The number of thiazole rings is 1. The molecule has 3 aromatic rings. The van der Waals surface area contributed by atoms with Crippen LogP contribution in [0, 0.1) is 6.92 Å². The Bertz CT molecular complexity index is 760. The molecule has 5 heteroatoms. The summed E-state index contributed by atoms with van der Waals surface area (Å²) in [6, 6.07) is 7.87. The van der Waals surface area contributed by atoms with E-state index >= 15 is 0 Å². The van der Waals surface area contributed by atoms with Gasteiger partial charge in [0, 0.05) is 33.7 Å². The molecule has 0 aliphatic carbocycles. The lowest BCUT2D eigenvalue weighted by atomic mass is 10.1. The third kappa shape index (κ3) is 2.51. The number of aromatic nitrogens is 2. The summed E-state index contributed by atoms with van der Waals surface area (Å²) in [7, 11) is 0. The Kier molecular flexibility index (Phi) is 3.63. The summed E-state index contributed by atoms with van der Waals surface area (Å²) in [6.07, 6.45) is 1.80. The molecule has 0 aliphatic heterocycles. The zero-order valence-corrected chi connectivity index (χ0v) is 12.8. The number of fused-ring (bicyclic) bond motifs is 1. The predicted molar refractivity (Wildman–Crippen MR) is 84.8 cm³/mol. The van der Waals surface area contributed by atoms with E-state index in [2.05, 4.69) is 9.97 Å². The Morgan fingerprint density at radius 1 is 1.40 bits per heavy atom. The van der Waals surface area contributed by atoms with Crippen LogP contribution in [0.3, 0.4) is 0 Å². The standard InChI is InChI=1S/C15H14N2OS2/c1-9-8-19-15(17-9)20-10(2)14(18)12-7-16-13-6-4-3-5-11(12)13/h3-8,10,16H,1-2H3/t10-/m1/s1. The summed E-state index contributed by atoms with van der Waals surface area (Å²) in [5.41, 5.74) is 2.76. The Morgan fingerprint density at radius 3 is 2.95 bits per heavy atom. The molecule has 0 spiro atoms. The van der Waals surface area contributed by atoms with E-state index in [4.69, 9.17) is 0 Å². The van der Waals surface area contributed by atoms with E-state index in [1.54, 1.807) is 17.5 Å². The molecule has 3 rings (SSSR count). The van der Waals surface area contributed by atoms with Gasteiger partial charge in [-0.2, -0.15) is 0 Å². The molecule has 0 fully saturated rings. The molecule has 20 heavy (non-hydrogen) atoms. The molecule has 0 saturated carbocycles. The SMILES string of the molecule is Cc1csc(S[C@H](C)C(=O)c2c[nH]c3ccccc23)n1. The first-order valence-electron chi connectivity index (χ1n) is 6.34. The van der Waals surface area contributed by atoms with Crippen LogP contribution >= 0.6 is 23.1 Å². The largest absolute Gasteiger partial charge is 0.360 e. The summed E-state index contributed by atoms with van der Waals surface area (Å²) in [6.45, 7) is 3.90. The van der Waals surface area contributed by atoms with Crippen LogP contribution < -0.4 is 0 Å². The van der Waals surface area contributed by atoms with Gasteiger partial charge in [-0.25, -0.2) is 4.98 Å². The summed E-state index contributed by atoms with van der Waals surface area (Å²) in [4.78, 5) is 20.1. The second kappa shape index (κ2) is 5.42. The van der Waals surface area contributed by atoms with Crippen LogP contribution in [-0.4, -0.2) is 21.0 Å². The van der Waals surface area contributed by atoms with E-state index in [9.17, 15) is 4.79 Å². The summed E-state index contributed by atoms with van der Waals surface area (Å²) >= 11 is 3.11. The van der Waals surface area contributed by atoms with Gasteiger partial charge in [0.15, 0.2) is 10.1 Å². The fourth-order valence-corrected chi connectivity index (χ4v) is 4.14. The maximum absolute atomic E-state index is 12.6. The second-order valence-corrected chi connectivity index (χ2v) is 7.07. The summed E-state index contributed by atoms with van der Waals surface area (Å²) in [5.74, 6) is 0.139. The lowest BCUT2D eigenvalue weighted by Crippen LogP contribution is -2.12. The molecule has 0 unspecified atom stereocenters. The monoisotopic (exact) mass is 302 g/mol. The number of nitrogens with zero attached hydrogens (tertiary/aromatic N) is 1. The van der Waals surface area contributed by atoms with E-state index in [-0.39, 0.29) is 11.0 Å². The molecular formula is C15H14N2OS2. The van der Waals surface area contributed by atoms with Gasteiger partial charge in [0.05, 0.1) is 5.25 Å². The fraction of sp³-hybridized carbons (Fsp3) is 0.200. The molecule has 0 amide bonds. The normalized spacial score (nSPS) is 12.7. The maximum Gasteiger partial charge on any atom is 0.178 e. The third-order valence-electron chi connectivity index (χ3n) is 3.10. The minimum Gasteiger partial charge on any atom is -0.360 e. The Morgan fingerprint density at radius 2 is 2.20 bits per heavy atom. The van der Waals surface area contributed by atoms with E-state index < -0.39 is 0 Å². The first-order valence-corrected chi connectivity index (χ1v) is 8.10. The van der Waals surface area contributed by atoms with Crippen LogP contribution in [-0.2, 0) is 0 Å². The number of aromatic amines is 1. The number of hydrogen-bond donors (Lipinski definition) is 1. The molecule has 3 nitrogen and oxygen atoms in total. The number of rotatable bonds is 4. The van der Waals surface area contributed by atoms with Gasteiger partial charge in [-0.3, -0.25) is 4.79 Å². The number of aryl methyl sites for hydroxylation is 1. The first kappa shape index (κ1) is 13.4. The second-order valence-electron chi connectivity index (χ2n) is 4.63. The van der Waals surface area contributed by atoms with Crippen molar-refractivity contribution in [1.29, 1.82) is 0 Å². The number of carbonyl (C=O) groups is 1. The van der Waals surface area contributed by atoms with Gasteiger partial charge in [-0.1, -0.05) is 30.0 Å². The minimum absolute atomic E-state index is 0.139. The first-order chi connectivity index (χ1) is 9.65. The van der Waals surface area contributed by atoms with Crippen molar-refractivity contribution in [1.82, 2.24) is 9.97 Å². The van der Waals surface area contributed by atoms with Crippen molar-refractivity contribution in [3.63, 3.8) is 0 Å². The lowest BCUT2D eigenvalue weighted by Gasteiger charge is -2.07. The van der Waals surface area contributed by atoms with Gasteiger partial charge in [-0.05, 0) is 19.9 Å². The van der Waals surface area contributed by atoms with Crippen LogP contribution in [0.5, 0.6) is 0 Å². The van der Waals surface area contributed by atoms with Crippen LogP contribution in [0.1, 0.15) is 23.0 Å². The third-order valence-corrected chi connectivity index (χ3v) is 5.29. The zero-order valence-electron chi connectivity index (χ0n) is 11.2. The van der Waals surface area contributed by atoms with E-state index in [0.717, 1.165) is 26.5 Å². The van der Waals surface area contributed by atoms with Gasteiger partial charge in [0.25, 0.3) is 0 Å². The quantitative estimate of drug-likeness (QED) is 0.577.